The molecule has 3 aromatic rings. The maximum absolute atomic E-state index is 5.40. The third kappa shape index (κ3) is 1.18. The summed E-state index contributed by atoms with van der Waals surface area (Å²) in [7, 11) is 1.68. The lowest BCUT2D eigenvalue weighted by atomic mass is 10.3. The lowest BCUT2D eigenvalue weighted by Crippen LogP contribution is -1.94. The van der Waals surface area contributed by atoms with Gasteiger partial charge in [-0.3, -0.25) is 4.40 Å². The molecule has 3 rings (SSSR count). The first-order valence-electron chi connectivity index (χ1n) is 5.21. The van der Waals surface area contributed by atoms with Crippen molar-refractivity contribution in [1.82, 2.24) is 9.38 Å². The molecule has 2 heterocycles. The molecular formula is C13H12N2O. The summed E-state index contributed by atoms with van der Waals surface area (Å²) in [5.74, 6) is 0.823. The minimum absolute atomic E-state index is 0.823. The van der Waals surface area contributed by atoms with Gasteiger partial charge in [0.05, 0.1) is 18.1 Å². The van der Waals surface area contributed by atoms with Crippen LogP contribution in [0, 0.1) is 6.92 Å². The number of hydrogen-bond donors (Lipinski definition) is 0. The van der Waals surface area contributed by atoms with Gasteiger partial charge in [0.2, 0.25) is 0 Å². The van der Waals surface area contributed by atoms with E-state index in [1.807, 2.05) is 41.7 Å². The monoisotopic (exact) mass is 212 g/mol. The number of aromatic nitrogens is 2. The van der Waals surface area contributed by atoms with Gasteiger partial charge in [-0.25, -0.2) is 4.98 Å². The first kappa shape index (κ1) is 9.21. The lowest BCUT2D eigenvalue weighted by molar-refractivity contribution is 0.393. The summed E-state index contributed by atoms with van der Waals surface area (Å²) in [5, 5.41) is 0. The highest BCUT2D eigenvalue weighted by Crippen LogP contribution is 2.23. The molecule has 0 aliphatic carbocycles. The number of aryl methyl sites for hydroxylation is 1. The summed E-state index contributed by atoms with van der Waals surface area (Å²) in [5.41, 5.74) is 4.15. The Hall–Kier alpha value is -2.03. The van der Waals surface area contributed by atoms with Crippen LogP contribution < -0.4 is 4.74 Å². The van der Waals surface area contributed by atoms with Gasteiger partial charge in [-0.15, -0.1) is 0 Å². The molecule has 0 aliphatic heterocycles. The maximum Gasteiger partial charge on any atom is 0.199 e. The van der Waals surface area contributed by atoms with Crippen molar-refractivity contribution >= 4 is 16.7 Å². The number of imidazole rings is 1. The van der Waals surface area contributed by atoms with Crippen molar-refractivity contribution < 1.29 is 4.74 Å². The Morgan fingerprint density at radius 1 is 1.19 bits per heavy atom. The van der Waals surface area contributed by atoms with Crippen molar-refractivity contribution in [2.45, 2.75) is 6.92 Å². The van der Waals surface area contributed by atoms with E-state index >= 15 is 0 Å². The fourth-order valence-electron chi connectivity index (χ4n) is 2.03. The predicted molar refractivity (Wildman–Crippen MR) is 64.0 cm³/mol. The van der Waals surface area contributed by atoms with Gasteiger partial charge in [0.25, 0.3) is 0 Å². The Bertz CT molecular complexity index is 670. The second kappa shape index (κ2) is 3.23. The number of para-hydroxylation sites is 2. The van der Waals surface area contributed by atoms with Crippen LogP contribution in [-0.4, -0.2) is 16.5 Å². The quantitative estimate of drug-likeness (QED) is 0.620. The summed E-state index contributed by atoms with van der Waals surface area (Å²) >= 11 is 0. The Morgan fingerprint density at radius 2 is 2.00 bits per heavy atom. The molecule has 0 unspecified atom stereocenters. The fraction of sp³-hybridized carbons (Fsp3) is 0.154. The summed E-state index contributed by atoms with van der Waals surface area (Å²) in [6.07, 6.45) is 0. The number of methoxy groups -OCH3 is 1. The molecule has 0 fully saturated rings. The van der Waals surface area contributed by atoms with E-state index < -0.39 is 0 Å². The van der Waals surface area contributed by atoms with Gasteiger partial charge < -0.3 is 4.74 Å². The molecule has 1 aromatic carbocycles. The molecule has 0 saturated carbocycles. The van der Waals surface area contributed by atoms with Gasteiger partial charge in [-0.2, -0.15) is 0 Å². The lowest BCUT2D eigenvalue weighted by Gasteiger charge is -2.05. The van der Waals surface area contributed by atoms with E-state index in [1.54, 1.807) is 7.11 Å². The molecule has 0 spiro atoms. The van der Waals surface area contributed by atoms with Crippen molar-refractivity contribution in [3.05, 3.63) is 42.0 Å². The van der Waals surface area contributed by atoms with Crippen LogP contribution in [-0.2, 0) is 0 Å². The molecule has 2 aromatic heterocycles. The van der Waals surface area contributed by atoms with Crippen LogP contribution in [0.2, 0.25) is 0 Å². The van der Waals surface area contributed by atoms with Crippen molar-refractivity contribution in [2.24, 2.45) is 0 Å². The van der Waals surface area contributed by atoms with Gasteiger partial charge in [0, 0.05) is 6.07 Å². The molecule has 16 heavy (non-hydrogen) atoms. The average Bonchev–Trinajstić information content (AvgIpc) is 2.65. The Labute approximate surface area is 93.3 Å². The number of fused-ring (bicyclic) bond motifs is 3. The highest BCUT2D eigenvalue weighted by atomic mass is 16.5. The van der Waals surface area contributed by atoms with Gasteiger partial charge in [-0.05, 0) is 30.7 Å². The average molecular weight is 212 g/mol. The van der Waals surface area contributed by atoms with Crippen LogP contribution in [0.4, 0.5) is 0 Å². The van der Waals surface area contributed by atoms with Crippen LogP contribution in [0.1, 0.15) is 5.56 Å². The molecule has 0 N–H and O–H groups in total. The molecule has 0 atom stereocenters. The first-order valence-corrected chi connectivity index (χ1v) is 5.21. The van der Waals surface area contributed by atoms with E-state index in [0.29, 0.717) is 0 Å². The van der Waals surface area contributed by atoms with Crippen molar-refractivity contribution in [3.8, 4) is 5.88 Å². The van der Waals surface area contributed by atoms with Crippen molar-refractivity contribution in [2.75, 3.05) is 7.11 Å². The van der Waals surface area contributed by atoms with Gasteiger partial charge in [0.15, 0.2) is 5.88 Å². The van der Waals surface area contributed by atoms with E-state index in [4.69, 9.17) is 4.74 Å². The Kier molecular flexibility index (Phi) is 1.86. The van der Waals surface area contributed by atoms with Crippen LogP contribution in [0.3, 0.4) is 0 Å². The molecule has 3 nitrogen and oxygen atoms in total. The van der Waals surface area contributed by atoms with Gasteiger partial charge >= 0.3 is 0 Å². The van der Waals surface area contributed by atoms with E-state index in [0.717, 1.165) is 28.1 Å². The zero-order valence-electron chi connectivity index (χ0n) is 9.27. The third-order valence-corrected chi connectivity index (χ3v) is 2.72. The molecule has 3 heteroatoms. The van der Waals surface area contributed by atoms with E-state index in [-0.39, 0.29) is 0 Å². The first-order chi connectivity index (χ1) is 7.79. The molecule has 0 saturated heterocycles. The summed E-state index contributed by atoms with van der Waals surface area (Å²) in [6.45, 7) is 2.04. The minimum atomic E-state index is 0.823. The summed E-state index contributed by atoms with van der Waals surface area (Å²) < 4.78 is 7.43. The van der Waals surface area contributed by atoms with Gasteiger partial charge in [0.1, 0.15) is 5.65 Å². The van der Waals surface area contributed by atoms with E-state index in [1.165, 1.54) is 0 Å². The Balaban J connectivity index is 2.55. The number of rotatable bonds is 1. The molecule has 0 aliphatic rings. The van der Waals surface area contributed by atoms with E-state index in [2.05, 4.69) is 11.1 Å². The SMILES string of the molecule is COc1cc(C)cc2nc3ccccc3n12. The van der Waals surface area contributed by atoms with Crippen LogP contribution >= 0.6 is 0 Å². The standard InChI is InChI=1S/C13H12N2O/c1-9-7-12-14-10-5-3-4-6-11(10)15(12)13(8-9)16-2/h3-8H,1-2H3. The molecule has 0 bridgehead atoms. The second-order valence-electron chi connectivity index (χ2n) is 3.87. The number of ether oxygens (including phenoxy) is 1. The van der Waals surface area contributed by atoms with Crippen LogP contribution in [0.15, 0.2) is 36.4 Å². The van der Waals surface area contributed by atoms with Crippen LogP contribution in [0.25, 0.3) is 16.7 Å². The largest absolute Gasteiger partial charge is 0.482 e. The molecule has 80 valence electrons. The smallest absolute Gasteiger partial charge is 0.199 e. The highest BCUT2D eigenvalue weighted by molar-refractivity contribution is 5.81. The zero-order chi connectivity index (χ0) is 11.1. The van der Waals surface area contributed by atoms with Gasteiger partial charge in [-0.1, -0.05) is 12.1 Å². The topological polar surface area (TPSA) is 26.5 Å². The van der Waals surface area contributed by atoms with E-state index in [9.17, 15) is 0 Å². The zero-order valence-corrected chi connectivity index (χ0v) is 9.27. The minimum Gasteiger partial charge on any atom is -0.482 e. The van der Waals surface area contributed by atoms with Crippen molar-refractivity contribution in [3.63, 3.8) is 0 Å². The molecule has 0 radical (unpaired) electrons. The molecule has 0 amide bonds. The third-order valence-electron chi connectivity index (χ3n) is 2.72. The predicted octanol–water partition coefficient (Wildman–Crippen LogP) is 2.80. The Morgan fingerprint density at radius 3 is 2.81 bits per heavy atom. The van der Waals surface area contributed by atoms with Crippen LogP contribution in [0.5, 0.6) is 5.88 Å². The number of benzene rings is 1. The number of nitrogens with zero attached hydrogens (tertiary/aromatic N) is 2. The number of hydrogen-bond acceptors (Lipinski definition) is 2. The highest BCUT2D eigenvalue weighted by Gasteiger charge is 2.08. The second-order valence-corrected chi connectivity index (χ2v) is 3.87. The normalized spacial score (nSPS) is 11.1. The fourth-order valence-corrected chi connectivity index (χ4v) is 2.03. The maximum atomic E-state index is 5.40. The number of pyridine rings is 1. The summed E-state index contributed by atoms with van der Waals surface area (Å²) in [4.78, 5) is 4.57. The molecular weight excluding hydrogens is 200 g/mol. The summed E-state index contributed by atoms with van der Waals surface area (Å²) in [6, 6.07) is 12.1. The van der Waals surface area contributed by atoms with Crippen molar-refractivity contribution in [1.29, 1.82) is 0 Å².